The smallest absolute Gasteiger partial charge is 0.119 e. The van der Waals surface area contributed by atoms with Crippen LogP contribution < -0.4 is 4.74 Å². The molecule has 3 heteroatoms. The number of hydrogen-bond donors (Lipinski definition) is 1. The van der Waals surface area contributed by atoms with Crippen LogP contribution in [0.2, 0.25) is 0 Å². The summed E-state index contributed by atoms with van der Waals surface area (Å²) in [7, 11) is 0. The Hall–Kier alpha value is -1.84. The Balaban J connectivity index is 1.25. The molecule has 0 bridgehead atoms. The monoisotopic (exact) mass is 365 g/mol. The molecule has 0 amide bonds. The van der Waals surface area contributed by atoms with E-state index in [9.17, 15) is 0 Å². The van der Waals surface area contributed by atoms with Gasteiger partial charge in [-0.3, -0.25) is 4.90 Å². The van der Waals surface area contributed by atoms with Crippen molar-refractivity contribution in [3.63, 3.8) is 0 Å². The number of ether oxygens (including phenoxy) is 1. The van der Waals surface area contributed by atoms with Gasteiger partial charge in [0.05, 0.1) is 12.7 Å². The van der Waals surface area contributed by atoms with Crippen LogP contribution in [-0.2, 0) is 19.6 Å². The summed E-state index contributed by atoms with van der Waals surface area (Å²) in [6.45, 7) is 3.51. The molecule has 2 aliphatic rings. The van der Waals surface area contributed by atoms with Crippen LogP contribution in [0, 0.1) is 5.92 Å². The summed E-state index contributed by atoms with van der Waals surface area (Å²) in [5.41, 5.74) is 3.75. The number of hydrogen-bond acceptors (Lipinski definition) is 3. The van der Waals surface area contributed by atoms with E-state index in [2.05, 4.69) is 41.3 Å². The van der Waals surface area contributed by atoms with Crippen LogP contribution in [0.4, 0.5) is 0 Å². The number of rotatable bonds is 7. The number of likely N-dealkylation sites (tertiary alicyclic amines) is 1. The number of benzene rings is 2. The number of nitrogens with zero attached hydrogens (tertiary/aromatic N) is 1. The topological polar surface area (TPSA) is 32.7 Å². The second kappa shape index (κ2) is 8.90. The minimum absolute atomic E-state index is 0.127. The molecule has 3 nitrogen and oxygen atoms in total. The van der Waals surface area contributed by atoms with E-state index >= 15 is 0 Å². The van der Waals surface area contributed by atoms with Crippen molar-refractivity contribution in [3.05, 3.63) is 65.2 Å². The average Bonchev–Trinajstić information content (AvgIpc) is 3.36. The Morgan fingerprint density at radius 1 is 0.852 bits per heavy atom. The molecule has 27 heavy (non-hydrogen) atoms. The van der Waals surface area contributed by atoms with E-state index in [0.29, 0.717) is 6.10 Å². The van der Waals surface area contributed by atoms with Crippen LogP contribution in [0.25, 0.3) is 0 Å². The first kappa shape index (κ1) is 18.5. The highest BCUT2D eigenvalue weighted by Gasteiger charge is 2.22. The number of aliphatic hydroxyl groups excluding tert-OH is 1. The fourth-order valence-corrected chi connectivity index (χ4v) is 4.47. The molecule has 0 unspecified atom stereocenters. The second-order valence-electron chi connectivity index (χ2n) is 8.24. The van der Waals surface area contributed by atoms with Crippen molar-refractivity contribution in [2.24, 2.45) is 5.92 Å². The van der Waals surface area contributed by atoms with E-state index in [0.717, 1.165) is 30.2 Å². The second-order valence-corrected chi connectivity index (χ2v) is 8.24. The third kappa shape index (κ3) is 5.12. The van der Waals surface area contributed by atoms with E-state index in [1.807, 2.05) is 12.1 Å². The van der Waals surface area contributed by atoms with Gasteiger partial charge in [-0.2, -0.15) is 0 Å². The Morgan fingerprint density at radius 2 is 1.52 bits per heavy atom. The molecule has 1 heterocycles. The number of aliphatic hydroxyl groups is 1. The SMILES string of the molecule is OCc1ccc(C[C@H]2CCN(Cc3ccc(OC4CCCC4)cc3)C2)cc1. The molecule has 1 saturated carbocycles. The van der Waals surface area contributed by atoms with Gasteiger partial charge < -0.3 is 9.84 Å². The third-order valence-electron chi connectivity index (χ3n) is 6.03. The summed E-state index contributed by atoms with van der Waals surface area (Å²) in [6, 6.07) is 17.1. The molecular formula is C24H31NO2. The molecule has 0 spiro atoms. The van der Waals surface area contributed by atoms with Crippen molar-refractivity contribution in [3.8, 4) is 5.75 Å². The first-order valence-electron chi connectivity index (χ1n) is 10.4. The van der Waals surface area contributed by atoms with Crippen LogP contribution in [-0.4, -0.2) is 29.2 Å². The molecular weight excluding hydrogens is 334 g/mol. The quantitative estimate of drug-likeness (QED) is 0.780. The van der Waals surface area contributed by atoms with E-state index in [1.165, 1.54) is 56.3 Å². The van der Waals surface area contributed by atoms with Gasteiger partial charge in [-0.25, -0.2) is 0 Å². The Bertz CT molecular complexity index is 704. The Kier molecular flexibility index (Phi) is 6.10. The largest absolute Gasteiger partial charge is 0.490 e. The van der Waals surface area contributed by atoms with Crippen molar-refractivity contribution in [1.82, 2.24) is 4.90 Å². The van der Waals surface area contributed by atoms with Gasteiger partial charge in [-0.1, -0.05) is 36.4 Å². The predicted octanol–water partition coefficient (Wildman–Crippen LogP) is 4.56. The summed E-state index contributed by atoms with van der Waals surface area (Å²) in [4.78, 5) is 2.57. The zero-order valence-electron chi connectivity index (χ0n) is 16.1. The fraction of sp³-hybridized carbons (Fsp3) is 0.500. The highest BCUT2D eigenvalue weighted by Crippen LogP contribution is 2.26. The van der Waals surface area contributed by atoms with Gasteiger partial charge in [0, 0.05) is 13.1 Å². The van der Waals surface area contributed by atoms with Gasteiger partial charge in [0.25, 0.3) is 0 Å². The van der Waals surface area contributed by atoms with Gasteiger partial charge in [0.2, 0.25) is 0 Å². The first-order chi connectivity index (χ1) is 13.3. The summed E-state index contributed by atoms with van der Waals surface area (Å²) < 4.78 is 6.07. The van der Waals surface area contributed by atoms with Crippen molar-refractivity contribution in [2.75, 3.05) is 13.1 Å². The highest BCUT2D eigenvalue weighted by molar-refractivity contribution is 5.28. The van der Waals surface area contributed by atoms with Gasteiger partial charge in [-0.15, -0.1) is 0 Å². The molecule has 1 N–H and O–H groups in total. The summed E-state index contributed by atoms with van der Waals surface area (Å²) in [6.07, 6.45) is 7.87. The summed E-state index contributed by atoms with van der Waals surface area (Å²) in [5, 5.41) is 9.16. The van der Waals surface area contributed by atoms with Crippen LogP contribution in [0.15, 0.2) is 48.5 Å². The third-order valence-corrected chi connectivity index (χ3v) is 6.03. The zero-order chi connectivity index (χ0) is 18.5. The van der Waals surface area contributed by atoms with E-state index in [1.54, 1.807) is 0 Å². The lowest BCUT2D eigenvalue weighted by molar-refractivity contribution is 0.210. The molecule has 1 aliphatic carbocycles. The van der Waals surface area contributed by atoms with Crippen LogP contribution in [0.5, 0.6) is 5.75 Å². The molecule has 0 aromatic heterocycles. The molecule has 2 fully saturated rings. The molecule has 144 valence electrons. The molecule has 1 atom stereocenters. The van der Waals surface area contributed by atoms with E-state index in [4.69, 9.17) is 9.84 Å². The van der Waals surface area contributed by atoms with Crippen LogP contribution in [0.3, 0.4) is 0 Å². The van der Waals surface area contributed by atoms with Crippen LogP contribution in [0.1, 0.15) is 48.8 Å². The van der Waals surface area contributed by atoms with Gasteiger partial charge in [-0.05, 0) is 79.8 Å². The molecule has 2 aromatic rings. The molecule has 4 rings (SSSR count). The van der Waals surface area contributed by atoms with Crippen LogP contribution >= 0.6 is 0 Å². The van der Waals surface area contributed by atoms with Crippen molar-refractivity contribution in [2.45, 2.75) is 57.8 Å². The van der Waals surface area contributed by atoms with Gasteiger partial charge in [0.1, 0.15) is 5.75 Å². The molecule has 0 radical (unpaired) electrons. The summed E-state index contributed by atoms with van der Waals surface area (Å²) >= 11 is 0. The zero-order valence-corrected chi connectivity index (χ0v) is 16.1. The minimum Gasteiger partial charge on any atom is -0.490 e. The Morgan fingerprint density at radius 3 is 2.22 bits per heavy atom. The lowest BCUT2D eigenvalue weighted by Crippen LogP contribution is -2.20. The lowest BCUT2D eigenvalue weighted by Gasteiger charge is -2.17. The Labute approximate surface area is 163 Å². The average molecular weight is 366 g/mol. The molecule has 2 aromatic carbocycles. The maximum Gasteiger partial charge on any atom is 0.119 e. The minimum atomic E-state index is 0.127. The van der Waals surface area contributed by atoms with Crippen molar-refractivity contribution < 1.29 is 9.84 Å². The maximum atomic E-state index is 9.16. The fourth-order valence-electron chi connectivity index (χ4n) is 4.47. The normalized spacial score (nSPS) is 21.0. The van der Waals surface area contributed by atoms with Crippen molar-refractivity contribution >= 4 is 0 Å². The van der Waals surface area contributed by atoms with Gasteiger partial charge in [0.15, 0.2) is 0 Å². The first-order valence-corrected chi connectivity index (χ1v) is 10.4. The van der Waals surface area contributed by atoms with E-state index < -0.39 is 0 Å². The van der Waals surface area contributed by atoms with Gasteiger partial charge >= 0.3 is 0 Å². The summed E-state index contributed by atoms with van der Waals surface area (Å²) in [5.74, 6) is 1.76. The molecule has 1 saturated heterocycles. The van der Waals surface area contributed by atoms with E-state index in [-0.39, 0.29) is 6.61 Å². The van der Waals surface area contributed by atoms with Crippen molar-refractivity contribution in [1.29, 1.82) is 0 Å². The molecule has 1 aliphatic heterocycles. The highest BCUT2D eigenvalue weighted by atomic mass is 16.5. The lowest BCUT2D eigenvalue weighted by atomic mass is 9.98. The maximum absolute atomic E-state index is 9.16. The standard InChI is InChI=1S/C24H31NO2/c26-18-21-7-5-19(6-8-21)15-22-13-14-25(17-22)16-20-9-11-24(12-10-20)27-23-3-1-2-4-23/h5-12,22-23,26H,1-4,13-18H2/t22-/m1/s1. The predicted molar refractivity (Wildman–Crippen MR) is 109 cm³/mol.